The molecule has 1 saturated heterocycles. The van der Waals surface area contributed by atoms with Crippen molar-refractivity contribution < 1.29 is 23.4 Å². The zero-order chi connectivity index (χ0) is 15.8. The Morgan fingerprint density at radius 1 is 1.59 bits per heavy atom. The molecule has 122 valence electrons. The second-order valence-electron chi connectivity index (χ2n) is 4.88. The summed E-state index contributed by atoms with van der Waals surface area (Å²) in [5.74, 6) is -0.317. The topological polar surface area (TPSA) is 68.8 Å². The van der Waals surface area contributed by atoms with Crippen molar-refractivity contribution in [1.82, 2.24) is 10.6 Å². The smallest absolute Gasteiger partial charge is 0.406 e. The molecule has 0 bridgehead atoms. The Morgan fingerprint density at radius 2 is 2.45 bits per heavy atom. The molecule has 2 rings (SSSR count). The van der Waals surface area contributed by atoms with Crippen molar-refractivity contribution >= 4 is 6.09 Å². The van der Waals surface area contributed by atoms with E-state index < -0.39 is 12.2 Å². The van der Waals surface area contributed by atoms with E-state index in [1.165, 1.54) is 19.2 Å². The lowest BCUT2D eigenvalue weighted by Gasteiger charge is -2.31. The lowest BCUT2D eigenvalue weighted by molar-refractivity contribution is -0.0853. The summed E-state index contributed by atoms with van der Waals surface area (Å²) in [5.41, 5.74) is 0.715. The molecule has 7 heteroatoms. The number of hydrogen-bond acceptors (Lipinski definition) is 5. The summed E-state index contributed by atoms with van der Waals surface area (Å²) in [4.78, 5) is 11.0. The lowest BCUT2D eigenvalue weighted by atomic mass is 10.0. The molecule has 0 unspecified atom stereocenters. The number of methoxy groups -OCH3 is 1. The number of amides is 1. The fraction of sp³-hybridized carbons (Fsp3) is 0.533. The van der Waals surface area contributed by atoms with E-state index >= 15 is 0 Å². The average molecular weight is 312 g/mol. The molecule has 1 aromatic rings. The summed E-state index contributed by atoms with van der Waals surface area (Å²) in [6.45, 7) is 2.58. The summed E-state index contributed by atoms with van der Waals surface area (Å²) >= 11 is 0. The van der Waals surface area contributed by atoms with Crippen molar-refractivity contribution in [3.05, 3.63) is 35.6 Å². The third kappa shape index (κ3) is 4.94. The number of nitrogens with one attached hydrogen (secondary N) is 2. The maximum Gasteiger partial charge on any atom is 0.406 e. The predicted octanol–water partition coefficient (Wildman–Crippen LogP) is 1.23. The minimum atomic E-state index is -0.513. The maximum absolute atomic E-state index is 13.4. The van der Waals surface area contributed by atoms with Crippen LogP contribution in [-0.4, -0.2) is 52.2 Å². The van der Waals surface area contributed by atoms with Gasteiger partial charge >= 0.3 is 6.09 Å². The first-order valence-electron chi connectivity index (χ1n) is 7.22. The molecule has 1 aliphatic rings. The molecule has 1 aromatic carbocycles. The van der Waals surface area contributed by atoms with Crippen molar-refractivity contribution in [2.24, 2.45) is 0 Å². The predicted molar refractivity (Wildman–Crippen MR) is 78.1 cm³/mol. The Balaban J connectivity index is 1.97. The monoisotopic (exact) mass is 312 g/mol. The molecule has 1 heterocycles. The summed E-state index contributed by atoms with van der Waals surface area (Å²) in [5, 5.41) is 5.77. The van der Waals surface area contributed by atoms with Gasteiger partial charge in [0.1, 0.15) is 18.0 Å². The third-order valence-corrected chi connectivity index (χ3v) is 3.33. The van der Waals surface area contributed by atoms with Crippen LogP contribution >= 0.6 is 0 Å². The van der Waals surface area contributed by atoms with E-state index in [1.807, 2.05) is 0 Å². The first-order chi connectivity index (χ1) is 10.7. The molecule has 22 heavy (non-hydrogen) atoms. The molecule has 1 aliphatic heterocycles. The number of carbonyl (C=O) groups excluding carboxylic acids is 1. The van der Waals surface area contributed by atoms with Crippen molar-refractivity contribution in [3.63, 3.8) is 0 Å². The van der Waals surface area contributed by atoms with Gasteiger partial charge in [-0.1, -0.05) is 12.1 Å². The second-order valence-corrected chi connectivity index (χ2v) is 4.88. The van der Waals surface area contributed by atoms with E-state index in [0.29, 0.717) is 25.3 Å². The summed E-state index contributed by atoms with van der Waals surface area (Å²) in [7, 11) is 1.30. The van der Waals surface area contributed by atoms with Gasteiger partial charge in [0.25, 0.3) is 0 Å². The molecule has 2 N–H and O–H groups in total. The van der Waals surface area contributed by atoms with Crippen LogP contribution in [-0.2, 0) is 14.2 Å². The van der Waals surface area contributed by atoms with Crippen LogP contribution in [0.5, 0.6) is 0 Å². The molecule has 0 radical (unpaired) electrons. The van der Waals surface area contributed by atoms with E-state index in [4.69, 9.17) is 9.47 Å². The molecule has 0 aromatic heterocycles. The minimum Gasteiger partial charge on any atom is -0.453 e. The number of ether oxygens (including phenoxy) is 3. The molecular weight excluding hydrogens is 291 g/mol. The van der Waals surface area contributed by atoms with Gasteiger partial charge in [-0.15, -0.1) is 0 Å². The Hall–Kier alpha value is -1.70. The number of rotatable bonds is 6. The molecule has 0 aliphatic carbocycles. The summed E-state index contributed by atoms with van der Waals surface area (Å²) in [6.07, 6.45) is -1.11. The molecule has 1 fully saturated rings. The SMILES string of the molecule is COC(=O)NCCO[C@@H](c1cccc(F)c1)[C@H]1CNCCO1. The lowest BCUT2D eigenvalue weighted by Crippen LogP contribution is -2.43. The highest BCUT2D eigenvalue weighted by Crippen LogP contribution is 2.25. The molecule has 6 nitrogen and oxygen atoms in total. The van der Waals surface area contributed by atoms with Crippen LogP contribution in [0.2, 0.25) is 0 Å². The van der Waals surface area contributed by atoms with Gasteiger partial charge in [0.15, 0.2) is 0 Å². The van der Waals surface area contributed by atoms with E-state index in [1.54, 1.807) is 12.1 Å². The number of carbonyl (C=O) groups is 1. The molecule has 0 saturated carbocycles. The second kappa shape index (κ2) is 8.67. The van der Waals surface area contributed by atoms with Gasteiger partial charge in [-0.05, 0) is 17.7 Å². The third-order valence-electron chi connectivity index (χ3n) is 3.33. The van der Waals surface area contributed by atoms with E-state index in [2.05, 4.69) is 15.4 Å². The van der Waals surface area contributed by atoms with Crippen LogP contribution in [0.4, 0.5) is 9.18 Å². The van der Waals surface area contributed by atoms with Gasteiger partial charge in [0.2, 0.25) is 0 Å². The number of morpholine rings is 1. The van der Waals surface area contributed by atoms with Crippen molar-refractivity contribution in [3.8, 4) is 0 Å². The van der Waals surface area contributed by atoms with Gasteiger partial charge < -0.3 is 24.8 Å². The highest BCUT2D eigenvalue weighted by Gasteiger charge is 2.27. The van der Waals surface area contributed by atoms with Gasteiger partial charge in [-0.2, -0.15) is 0 Å². The fourth-order valence-corrected chi connectivity index (χ4v) is 2.29. The zero-order valence-electron chi connectivity index (χ0n) is 12.5. The van der Waals surface area contributed by atoms with Crippen LogP contribution in [0.3, 0.4) is 0 Å². The molecule has 1 amide bonds. The number of alkyl carbamates (subject to hydrolysis) is 1. The van der Waals surface area contributed by atoms with E-state index in [-0.39, 0.29) is 18.5 Å². The number of benzene rings is 1. The number of hydrogen-bond donors (Lipinski definition) is 2. The van der Waals surface area contributed by atoms with Gasteiger partial charge in [0.05, 0.1) is 20.3 Å². The van der Waals surface area contributed by atoms with Gasteiger partial charge in [-0.25, -0.2) is 9.18 Å². The average Bonchev–Trinajstić information content (AvgIpc) is 2.55. The normalized spacial score (nSPS) is 19.5. The molecular formula is C15H21FN2O4. The summed E-state index contributed by atoms with van der Waals surface area (Å²) < 4.78 is 29.5. The first-order valence-corrected chi connectivity index (χ1v) is 7.22. The van der Waals surface area contributed by atoms with Gasteiger partial charge in [-0.3, -0.25) is 0 Å². The van der Waals surface area contributed by atoms with Gasteiger partial charge in [0, 0.05) is 19.6 Å². The Bertz CT molecular complexity index is 480. The maximum atomic E-state index is 13.4. The standard InChI is InChI=1S/C15H21FN2O4/c1-20-15(19)18-6-8-22-14(13-10-17-5-7-21-13)11-3-2-4-12(16)9-11/h2-4,9,13-14,17H,5-8,10H2,1H3,(H,18,19)/t13-,14+/m1/s1. The molecule has 2 atom stereocenters. The van der Waals surface area contributed by atoms with Crippen LogP contribution < -0.4 is 10.6 Å². The first kappa shape index (κ1) is 16.7. The minimum absolute atomic E-state index is 0.200. The Morgan fingerprint density at radius 3 is 3.14 bits per heavy atom. The van der Waals surface area contributed by atoms with Crippen molar-refractivity contribution in [1.29, 1.82) is 0 Å². The van der Waals surface area contributed by atoms with Crippen LogP contribution in [0.15, 0.2) is 24.3 Å². The van der Waals surface area contributed by atoms with E-state index in [0.717, 1.165) is 6.54 Å². The zero-order valence-corrected chi connectivity index (χ0v) is 12.5. The summed E-state index contributed by atoms with van der Waals surface area (Å²) in [6, 6.07) is 6.28. The van der Waals surface area contributed by atoms with E-state index in [9.17, 15) is 9.18 Å². The number of halogens is 1. The Labute approximate surface area is 128 Å². The fourth-order valence-electron chi connectivity index (χ4n) is 2.29. The quantitative estimate of drug-likeness (QED) is 0.773. The highest BCUT2D eigenvalue weighted by atomic mass is 19.1. The van der Waals surface area contributed by atoms with Crippen molar-refractivity contribution in [2.75, 3.05) is 40.0 Å². The molecule has 0 spiro atoms. The largest absolute Gasteiger partial charge is 0.453 e. The van der Waals surface area contributed by atoms with Crippen LogP contribution in [0.1, 0.15) is 11.7 Å². The van der Waals surface area contributed by atoms with Crippen LogP contribution in [0.25, 0.3) is 0 Å². The van der Waals surface area contributed by atoms with Crippen LogP contribution in [0, 0.1) is 5.82 Å². The van der Waals surface area contributed by atoms with Crippen molar-refractivity contribution in [2.45, 2.75) is 12.2 Å². The highest BCUT2D eigenvalue weighted by molar-refractivity contribution is 5.66. The Kier molecular flexibility index (Phi) is 6.57.